The van der Waals surface area contributed by atoms with E-state index in [9.17, 15) is 4.39 Å². The van der Waals surface area contributed by atoms with Gasteiger partial charge in [0.2, 0.25) is 0 Å². The minimum Gasteiger partial charge on any atom is -0.489 e. The summed E-state index contributed by atoms with van der Waals surface area (Å²) in [7, 11) is 0. The molecular formula is C14H22FNO. The van der Waals surface area contributed by atoms with Crippen LogP contribution >= 0.6 is 0 Å². The second kappa shape index (κ2) is 7.28. The number of benzene rings is 1. The van der Waals surface area contributed by atoms with Crippen molar-refractivity contribution >= 4 is 0 Å². The number of hydrogen-bond acceptors (Lipinski definition) is 2. The monoisotopic (exact) mass is 239 g/mol. The molecule has 0 aromatic heterocycles. The largest absolute Gasteiger partial charge is 0.489 e. The number of hydrogen-bond donors (Lipinski definition) is 1. The first-order chi connectivity index (χ1) is 8.11. The number of halogens is 1. The molecule has 0 aliphatic heterocycles. The zero-order valence-electron chi connectivity index (χ0n) is 10.9. The fraction of sp³-hybridized carbons (Fsp3) is 0.571. The summed E-state index contributed by atoms with van der Waals surface area (Å²) in [6.07, 6.45) is 1.15. The lowest BCUT2D eigenvalue weighted by atomic mass is 10.1. The number of nitrogens with one attached hydrogen (secondary N) is 1. The van der Waals surface area contributed by atoms with Crippen LogP contribution in [0.1, 0.15) is 25.8 Å². The maximum Gasteiger partial charge on any atom is 0.167 e. The minimum atomic E-state index is -0.255. The van der Waals surface area contributed by atoms with Gasteiger partial charge in [0.15, 0.2) is 11.6 Å². The highest BCUT2D eigenvalue weighted by Gasteiger charge is 2.04. The lowest BCUT2D eigenvalue weighted by molar-refractivity contribution is 0.297. The van der Waals surface area contributed by atoms with Gasteiger partial charge >= 0.3 is 0 Å². The average molecular weight is 239 g/mol. The first kappa shape index (κ1) is 14.0. The molecule has 96 valence electrons. The van der Waals surface area contributed by atoms with Crippen LogP contribution in [0.25, 0.3) is 0 Å². The van der Waals surface area contributed by atoms with Gasteiger partial charge in [-0.2, -0.15) is 0 Å². The van der Waals surface area contributed by atoms with Crippen LogP contribution in [0.5, 0.6) is 5.75 Å². The summed E-state index contributed by atoms with van der Waals surface area (Å²) >= 11 is 0. The molecule has 1 N–H and O–H groups in total. The zero-order valence-corrected chi connectivity index (χ0v) is 10.9. The highest BCUT2D eigenvalue weighted by Crippen LogP contribution is 2.19. The predicted octanol–water partition coefficient (Wildman–Crippen LogP) is 3.15. The highest BCUT2D eigenvalue weighted by molar-refractivity contribution is 5.29. The summed E-state index contributed by atoms with van der Waals surface area (Å²) < 4.78 is 18.9. The van der Waals surface area contributed by atoms with E-state index in [2.05, 4.69) is 19.2 Å². The van der Waals surface area contributed by atoms with Crippen molar-refractivity contribution < 1.29 is 9.13 Å². The first-order valence-electron chi connectivity index (χ1n) is 6.20. The second-order valence-electron chi connectivity index (χ2n) is 4.67. The summed E-state index contributed by atoms with van der Waals surface area (Å²) in [5.74, 6) is 0.794. The van der Waals surface area contributed by atoms with Crippen molar-refractivity contribution in [3.8, 4) is 5.75 Å². The van der Waals surface area contributed by atoms with Gasteiger partial charge in [0.05, 0.1) is 0 Å². The third-order valence-corrected chi connectivity index (χ3v) is 2.59. The molecule has 0 aliphatic carbocycles. The fourth-order valence-electron chi connectivity index (χ4n) is 1.48. The van der Waals surface area contributed by atoms with Gasteiger partial charge in [-0.05, 0) is 37.4 Å². The van der Waals surface area contributed by atoms with Crippen molar-refractivity contribution in [2.45, 2.75) is 27.2 Å². The maximum atomic E-state index is 13.5. The summed E-state index contributed by atoms with van der Waals surface area (Å²) in [4.78, 5) is 0. The molecule has 0 fully saturated rings. The van der Waals surface area contributed by atoms with Gasteiger partial charge in [0.25, 0.3) is 0 Å². The molecule has 0 spiro atoms. The van der Waals surface area contributed by atoms with Crippen LogP contribution < -0.4 is 10.1 Å². The third kappa shape index (κ3) is 5.18. The van der Waals surface area contributed by atoms with E-state index < -0.39 is 0 Å². The van der Waals surface area contributed by atoms with Gasteiger partial charge in [-0.15, -0.1) is 0 Å². The lowest BCUT2D eigenvalue weighted by Crippen LogP contribution is -2.23. The summed E-state index contributed by atoms with van der Waals surface area (Å²) in [5.41, 5.74) is 0.621. The molecule has 0 aliphatic rings. The standard InChI is InChI=1S/C14H22FNO/c1-11(2)7-8-16-9-10-17-13-6-4-5-12(3)14(13)15/h4-6,11,16H,7-10H2,1-3H3. The van der Waals surface area contributed by atoms with E-state index in [-0.39, 0.29) is 5.82 Å². The van der Waals surface area contributed by atoms with Gasteiger partial charge in [0, 0.05) is 6.54 Å². The van der Waals surface area contributed by atoms with Crippen molar-refractivity contribution in [1.82, 2.24) is 5.32 Å². The number of rotatable bonds is 7. The molecule has 2 nitrogen and oxygen atoms in total. The van der Waals surface area contributed by atoms with Crippen molar-refractivity contribution in [2.24, 2.45) is 5.92 Å². The van der Waals surface area contributed by atoms with Crippen molar-refractivity contribution in [2.75, 3.05) is 19.7 Å². The Hall–Kier alpha value is -1.09. The molecule has 0 atom stereocenters. The highest BCUT2D eigenvalue weighted by atomic mass is 19.1. The Morgan fingerprint density at radius 3 is 2.76 bits per heavy atom. The van der Waals surface area contributed by atoms with E-state index in [4.69, 9.17) is 4.74 Å². The molecule has 17 heavy (non-hydrogen) atoms. The zero-order chi connectivity index (χ0) is 12.7. The minimum absolute atomic E-state index is 0.255. The van der Waals surface area contributed by atoms with Crippen molar-refractivity contribution in [3.63, 3.8) is 0 Å². The van der Waals surface area contributed by atoms with Crippen molar-refractivity contribution in [3.05, 3.63) is 29.6 Å². The smallest absolute Gasteiger partial charge is 0.167 e. The maximum absolute atomic E-state index is 13.5. The molecule has 0 saturated heterocycles. The molecule has 1 rings (SSSR count). The van der Waals surface area contributed by atoms with Crippen LogP contribution in [0.2, 0.25) is 0 Å². The topological polar surface area (TPSA) is 21.3 Å². The van der Waals surface area contributed by atoms with Gasteiger partial charge in [-0.1, -0.05) is 26.0 Å². The SMILES string of the molecule is Cc1cccc(OCCNCCC(C)C)c1F. The summed E-state index contributed by atoms with van der Waals surface area (Å²) in [6, 6.07) is 5.21. The van der Waals surface area contributed by atoms with Crippen LogP contribution in [0.3, 0.4) is 0 Å². The van der Waals surface area contributed by atoms with E-state index in [1.165, 1.54) is 0 Å². The molecule has 0 bridgehead atoms. The third-order valence-electron chi connectivity index (χ3n) is 2.59. The molecule has 0 unspecified atom stereocenters. The molecule has 1 aromatic carbocycles. The molecule has 0 heterocycles. The average Bonchev–Trinajstić information content (AvgIpc) is 2.28. The summed E-state index contributed by atoms with van der Waals surface area (Å²) in [5, 5.41) is 3.27. The Morgan fingerprint density at radius 2 is 2.06 bits per heavy atom. The van der Waals surface area contributed by atoms with Crippen LogP contribution in [0.4, 0.5) is 4.39 Å². The van der Waals surface area contributed by atoms with Crippen molar-refractivity contribution in [1.29, 1.82) is 0 Å². The van der Waals surface area contributed by atoms with E-state index in [0.717, 1.165) is 19.5 Å². The molecule has 1 aromatic rings. The van der Waals surface area contributed by atoms with E-state index in [0.29, 0.717) is 23.8 Å². The Bertz CT molecular complexity index is 339. The Balaban J connectivity index is 2.20. The normalized spacial score (nSPS) is 10.9. The van der Waals surface area contributed by atoms with E-state index in [1.807, 2.05) is 0 Å². The van der Waals surface area contributed by atoms with E-state index in [1.54, 1.807) is 25.1 Å². The van der Waals surface area contributed by atoms with Gasteiger partial charge in [-0.25, -0.2) is 4.39 Å². The Labute approximate surface area is 103 Å². The van der Waals surface area contributed by atoms with Gasteiger partial charge < -0.3 is 10.1 Å². The predicted molar refractivity (Wildman–Crippen MR) is 69.0 cm³/mol. The lowest BCUT2D eigenvalue weighted by Gasteiger charge is -2.10. The van der Waals surface area contributed by atoms with Gasteiger partial charge in [0.1, 0.15) is 6.61 Å². The Kier molecular flexibility index (Phi) is 5.98. The second-order valence-corrected chi connectivity index (χ2v) is 4.67. The molecule has 0 amide bonds. The Morgan fingerprint density at radius 1 is 1.29 bits per heavy atom. The molecule has 3 heteroatoms. The number of ether oxygens (including phenoxy) is 1. The fourth-order valence-corrected chi connectivity index (χ4v) is 1.48. The van der Waals surface area contributed by atoms with Crippen LogP contribution in [-0.2, 0) is 0 Å². The molecule has 0 saturated carbocycles. The van der Waals surface area contributed by atoms with Gasteiger partial charge in [-0.3, -0.25) is 0 Å². The first-order valence-corrected chi connectivity index (χ1v) is 6.20. The summed E-state index contributed by atoms with van der Waals surface area (Å²) in [6.45, 7) is 8.36. The quantitative estimate of drug-likeness (QED) is 0.738. The van der Waals surface area contributed by atoms with Crippen LogP contribution in [0, 0.1) is 18.7 Å². The van der Waals surface area contributed by atoms with Crippen LogP contribution in [-0.4, -0.2) is 19.7 Å². The van der Waals surface area contributed by atoms with Crippen LogP contribution in [0.15, 0.2) is 18.2 Å². The van der Waals surface area contributed by atoms with E-state index >= 15 is 0 Å². The molecular weight excluding hydrogens is 217 g/mol. The molecule has 0 radical (unpaired) electrons. The number of aryl methyl sites for hydroxylation is 1.